The van der Waals surface area contributed by atoms with Crippen molar-refractivity contribution >= 4 is 6.09 Å². The van der Waals surface area contributed by atoms with Crippen molar-refractivity contribution in [3.63, 3.8) is 0 Å². The summed E-state index contributed by atoms with van der Waals surface area (Å²) in [6, 6.07) is 9.40. The summed E-state index contributed by atoms with van der Waals surface area (Å²) in [5.41, 5.74) is 1.37. The Balaban J connectivity index is 1.42. The van der Waals surface area contributed by atoms with Crippen molar-refractivity contribution in [2.45, 2.75) is 38.3 Å². The van der Waals surface area contributed by atoms with Crippen molar-refractivity contribution in [2.24, 2.45) is 11.3 Å². The van der Waals surface area contributed by atoms with Gasteiger partial charge >= 0.3 is 6.09 Å². The van der Waals surface area contributed by atoms with Gasteiger partial charge in [0.2, 0.25) is 0 Å². The predicted octanol–water partition coefficient (Wildman–Crippen LogP) is 2.46. The Hall–Kier alpha value is -1.55. The Kier molecular flexibility index (Phi) is 3.66. The minimum Gasteiger partial charge on any atom is -0.445 e. The molecule has 2 bridgehead atoms. The standard InChI is InChI=1S/C16H21NO3/c18-10-14(9-16-6-13(7-16)8-16)17-15(19)20-11-12-4-2-1-3-5-12/h1-5,13-14,18H,6-11H2,(H,17,19). The van der Waals surface area contributed by atoms with Gasteiger partial charge in [0.05, 0.1) is 12.6 Å². The summed E-state index contributed by atoms with van der Waals surface area (Å²) in [4.78, 5) is 11.7. The van der Waals surface area contributed by atoms with Crippen LogP contribution >= 0.6 is 0 Å². The summed E-state index contributed by atoms with van der Waals surface area (Å²) < 4.78 is 5.18. The summed E-state index contributed by atoms with van der Waals surface area (Å²) in [6.07, 6.45) is 4.23. The number of alkyl carbamates (subject to hydrolysis) is 1. The SMILES string of the molecule is O=C(NC(CO)CC12CC(C1)C2)OCc1ccccc1. The van der Waals surface area contributed by atoms with Gasteiger partial charge in [0.15, 0.2) is 0 Å². The molecule has 0 aliphatic heterocycles. The lowest BCUT2D eigenvalue weighted by Crippen LogP contribution is -2.55. The minimum absolute atomic E-state index is 0.0210. The number of amides is 1. The summed E-state index contributed by atoms with van der Waals surface area (Å²) in [6.45, 7) is 0.241. The number of carbonyl (C=O) groups excluding carboxylic acids is 1. The van der Waals surface area contributed by atoms with Crippen LogP contribution in [0.25, 0.3) is 0 Å². The van der Waals surface area contributed by atoms with Gasteiger partial charge in [-0.3, -0.25) is 0 Å². The highest BCUT2D eigenvalue weighted by Gasteiger charge is 2.56. The number of rotatable bonds is 6. The van der Waals surface area contributed by atoms with Crippen molar-refractivity contribution in [3.05, 3.63) is 35.9 Å². The molecule has 1 amide bonds. The summed E-state index contributed by atoms with van der Waals surface area (Å²) in [7, 11) is 0. The second-order valence-corrected chi connectivity index (χ2v) is 6.27. The van der Waals surface area contributed by atoms with Crippen LogP contribution in [0, 0.1) is 11.3 Å². The number of hydrogen-bond donors (Lipinski definition) is 2. The monoisotopic (exact) mass is 275 g/mol. The smallest absolute Gasteiger partial charge is 0.407 e. The van der Waals surface area contributed by atoms with E-state index in [1.165, 1.54) is 19.3 Å². The van der Waals surface area contributed by atoms with Crippen LogP contribution in [0.5, 0.6) is 0 Å². The van der Waals surface area contributed by atoms with E-state index >= 15 is 0 Å². The molecule has 3 fully saturated rings. The first-order valence-electron chi connectivity index (χ1n) is 7.27. The average molecular weight is 275 g/mol. The van der Waals surface area contributed by atoms with Gasteiger partial charge in [0, 0.05) is 0 Å². The molecule has 4 rings (SSSR count). The van der Waals surface area contributed by atoms with Crippen molar-refractivity contribution in [1.29, 1.82) is 0 Å². The highest BCUT2D eigenvalue weighted by Crippen LogP contribution is 2.66. The summed E-state index contributed by atoms with van der Waals surface area (Å²) >= 11 is 0. The number of nitrogens with one attached hydrogen (secondary N) is 1. The fourth-order valence-electron chi connectivity index (χ4n) is 3.52. The lowest BCUT2D eigenvalue weighted by atomic mass is 9.43. The topological polar surface area (TPSA) is 58.6 Å². The molecule has 0 saturated heterocycles. The second kappa shape index (κ2) is 5.44. The molecule has 1 aromatic rings. The number of hydrogen-bond acceptors (Lipinski definition) is 3. The molecule has 20 heavy (non-hydrogen) atoms. The Morgan fingerprint density at radius 3 is 2.60 bits per heavy atom. The van der Waals surface area contributed by atoms with E-state index in [0.717, 1.165) is 17.9 Å². The van der Waals surface area contributed by atoms with E-state index in [1.54, 1.807) is 0 Å². The number of carbonyl (C=O) groups is 1. The third-order valence-electron chi connectivity index (χ3n) is 4.60. The fourth-order valence-corrected chi connectivity index (χ4v) is 3.52. The molecule has 2 N–H and O–H groups in total. The van der Waals surface area contributed by atoms with Gasteiger partial charge in [-0.25, -0.2) is 4.79 Å². The van der Waals surface area contributed by atoms with E-state index in [0.29, 0.717) is 5.41 Å². The molecular weight excluding hydrogens is 254 g/mol. The lowest BCUT2D eigenvalue weighted by molar-refractivity contribution is -0.119. The maximum Gasteiger partial charge on any atom is 0.407 e. The maximum atomic E-state index is 11.7. The van der Waals surface area contributed by atoms with Crippen LogP contribution in [-0.4, -0.2) is 23.8 Å². The molecule has 1 atom stereocenters. The number of benzene rings is 1. The van der Waals surface area contributed by atoms with E-state index in [9.17, 15) is 9.90 Å². The normalized spacial score (nSPS) is 27.9. The predicted molar refractivity (Wildman–Crippen MR) is 75.0 cm³/mol. The van der Waals surface area contributed by atoms with Crippen molar-refractivity contribution in [3.8, 4) is 0 Å². The zero-order chi connectivity index (χ0) is 14.0. The zero-order valence-corrected chi connectivity index (χ0v) is 11.5. The average Bonchev–Trinajstić information content (AvgIpc) is 2.39. The van der Waals surface area contributed by atoms with E-state index < -0.39 is 6.09 Å². The van der Waals surface area contributed by atoms with Crippen LogP contribution in [0.2, 0.25) is 0 Å². The Morgan fingerprint density at radius 2 is 2.05 bits per heavy atom. The van der Waals surface area contributed by atoms with Gasteiger partial charge in [-0.1, -0.05) is 30.3 Å². The van der Waals surface area contributed by atoms with Crippen LogP contribution in [0.1, 0.15) is 31.2 Å². The number of aliphatic hydroxyl groups excluding tert-OH is 1. The van der Waals surface area contributed by atoms with Crippen molar-refractivity contribution in [2.75, 3.05) is 6.61 Å². The van der Waals surface area contributed by atoms with Gasteiger partial charge in [-0.05, 0) is 42.6 Å². The molecule has 3 aliphatic carbocycles. The van der Waals surface area contributed by atoms with Gasteiger partial charge in [0.25, 0.3) is 0 Å². The first-order chi connectivity index (χ1) is 9.69. The first-order valence-corrected chi connectivity index (χ1v) is 7.27. The van der Waals surface area contributed by atoms with Gasteiger partial charge in [-0.2, -0.15) is 0 Å². The molecule has 0 aromatic heterocycles. The molecule has 0 radical (unpaired) electrons. The molecule has 108 valence electrons. The molecular formula is C16H21NO3. The molecule has 0 spiro atoms. The Bertz CT molecular complexity index is 457. The quantitative estimate of drug-likeness (QED) is 0.838. The Labute approximate surface area is 119 Å². The molecule has 1 unspecified atom stereocenters. The largest absolute Gasteiger partial charge is 0.445 e. The second-order valence-electron chi connectivity index (χ2n) is 6.27. The number of ether oxygens (including phenoxy) is 1. The van der Waals surface area contributed by atoms with Crippen LogP contribution in [-0.2, 0) is 11.3 Å². The first kappa shape index (κ1) is 13.4. The highest BCUT2D eigenvalue weighted by atomic mass is 16.5. The van der Waals surface area contributed by atoms with Crippen LogP contribution in [0.3, 0.4) is 0 Å². The molecule has 4 nitrogen and oxygen atoms in total. The third kappa shape index (κ3) is 2.80. The molecule has 4 heteroatoms. The Morgan fingerprint density at radius 1 is 1.35 bits per heavy atom. The zero-order valence-electron chi connectivity index (χ0n) is 11.5. The van der Waals surface area contributed by atoms with E-state index in [4.69, 9.17) is 4.74 Å². The van der Waals surface area contributed by atoms with Crippen LogP contribution in [0.15, 0.2) is 30.3 Å². The minimum atomic E-state index is -0.445. The van der Waals surface area contributed by atoms with Crippen molar-refractivity contribution in [1.82, 2.24) is 5.32 Å². The van der Waals surface area contributed by atoms with E-state index in [2.05, 4.69) is 5.32 Å². The van der Waals surface area contributed by atoms with Crippen LogP contribution < -0.4 is 5.32 Å². The molecule has 0 heterocycles. The van der Waals surface area contributed by atoms with Gasteiger partial charge < -0.3 is 15.2 Å². The van der Waals surface area contributed by atoms with Crippen LogP contribution in [0.4, 0.5) is 4.79 Å². The van der Waals surface area contributed by atoms with Gasteiger partial charge in [0.1, 0.15) is 6.61 Å². The fraction of sp³-hybridized carbons (Fsp3) is 0.562. The molecule has 3 aliphatic rings. The number of aliphatic hydroxyl groups is 1. The maximum absolute atomic E-state index is 11.7. The van der Waals surface area contributed by atoms with E-state index in [1.807, 2.05) is 30.3 Å². The molecule has 3 saturated carbocycles. The third-order valence-corrected chi connectivity index (χ3v) is 4.60. The molecule has 1 aromatic carbocycles. The van der Waals surface area contributed by atoms with Gasteiger partial charge in [-0.15, -0.1) is 0 Å². The highest BCUT2D eigenvalue weighted by molar-refractivity contribution is 5.67. The lowest BCUT2D eigenvalue weighted by Gasteiger charge is -2.63. The summed E-state index contributed by atoms with van der Waals surface area (Å²) in [5, 5.41) is 12.2. The van der Waals surface area contributed by atoms with Crippen molar-refractivity contribution < 1.29 is 14.6 Å². The summed E-state index contributed by atoms with van der Waals surface area (Å²) in [5.74, 6) is 0.916. The van der Waals surface area contributed by atoms with E-state index in [-0.39, 0.29) is 19.3 Å².